The Morgan fingerprint density at radius 3 is 1.67 bits per heavy atom. The standard InChI is InChI=1S/C8H19NO5.BrH/c1-9(2)3-5(11)7(13)8(14)6(12)4-10;/h5-8,10-14H,3-4H2,1-2H3;1H. The molecule has 0 rings (SSSR count). The summed E-state index contributed by atoms with van der Waals surface area (Å²) in [6.45, 7) is -0.497. The van der Waals surface area contributed by atoms with Crippen LogP contribution in [0.4, 0.5) is 0 Å². The lowest BCUT2D eigenvalue weighted by atomic mass is 10.0. The van der Waals surface area contributed by atoms with Gasteiger partial charge in [0.15, 0.2) is 0 Å². The molecule has 94 valence electrons. The van der Waals surface area contributed by atoms with Gasteiger partial charge in [-0.2, -0.15) is 0 Å². The molecule has 0 aromatic heterocycles. The summed E-state index contributed by atoms with van der Waals surface area (Å²) in [5.74, 6) is 0. The maximum Gasteiger partial charge on any atom is 0.111 e. The van der Waals surface area contributed by atoms with Crippen molar-refractivity contribution in [2.75, 3.05) is 27.2 Å². The van der Waals surface area contributed by atoms with E-state index in [2.05, 4.69) is 0 Å². The Morgan fingerprint density at radius 2 is 1.33 bits per heavy atom. The van der Waals surface area contributed by atoms with Crippen LogP contribution in [0.3, 0.4) is 0 Å². The zero-order valence-electron chi connectivity index (χ0n) is 8.82. The first-order valence-corrected chi connectivity index (χ1v) is 4.38. The van der Waals surface area contributed by atoms with Crippen LogP contribution in [0.1, 0.15) is 0 Å². The third-order valence-corrected chi connectivity index (χ3v) is 1.88. The number of rotatable bonds is 6. The maximum absolute atomic E-state index is 9.36. The molecular weight excluding hydrogens is 270 g/mol. The third-order valence-electron chi connectivity index (χ3n) is 1.88. The normalized spacial score (nSPS) is 19.2. The monoisotopic (exact) mass is 289 g/mol. The van der Waals surface area contributed by atoms with Crippen molar-refractivity contribution in [3.05, 3.63) is 0 Å². The van der Waals surface area contributed by atoms with Crippen LogP contribution in [0.5, 0.6) is 0 Å². The number of likely N-dealkylation sites (N-methyl/N-ethyl adjacent to an activating group) is 1. The highest BCUT2D eigenvalue weighted by Crippen LogP contribution is 2.05. The summed E-state index contributed by atoms with van der Waals surface area (Å²) < 4.78 is 0. The molecule has 0 spiro atoms. The minimum absolute atomic E-state index is 0. The van der Waals surface area contributed by atoms with E-state index in [4.69, 9.17) is 10.2 Å². The van der Waals surface area contributed by atoms with E-state index in [1.54, 1.807) is 19.0 Å². The number of aliphatic hydroxyl groups is 5. The van der Waals surface area contributed by atoms with Gasteiger partial charge in [-0.05, 0) is 14.1 Å². The number of aliphatic hydroxyl groups excluding tert-OH is 5. The smallest absolute Gasteiger partial charge is 0.111 e. The van der Waals surface area contributed by atoms with Gasteiger partial charge in [0.25, 0.3) is 0 Å². The number of nitrogens with zero attached hydrogens (tertiary/aromatic N) is 1. The maximum atomic E-state index is 9.36. The van der Waals surface area contributed by atoms with Crippen LogP contribution in [0, 0.1) is 0 Å². The van der Waals surface area contributed by atoms with Gasteiger partial charge in [-0.15, -0.1) is 17.0 Å². The molecular formula is C8H20BrNO5. The van der Waals surface area contributed by atoms with Crippen molar-refractivity contribution in [2.45, 2.75) is 24.4 Å². The molecule has 0 heterocycles. The molecule has 0 aliphatic rings. The second-order valence-electron chi connectivity index (χ2n) is 3.56. The van der Waals surface area contributed by atoms with Gasteiger partial charge in [0.1, 0.15) is 18.3 Å². The van der Waals surface area contributed by atoms with Gasteiger partial charge in [0.2, 0.25) is 0 Å². The predicted molar refractivity (Wildman–Crippen MR) is 60.0 cm³/mol. The lowest BCUT2D eigenvalue weighted by Gasteiger charge is -2.27. The van der Waals surface area contributed by atoms with Crippen LogP contribution in [0.25, 0.3) is 0 Å². The van der Waals surface area contributed by atoms with Gasteiger partial charge in [-0.3, -0.25) is 0 Å². The average molecular weight is 290 g/mol. The molecule has 0 saturated carbocycles. The van der Waals surface area contributed by atoms with Crippen molar-refractivity contribution in [2.24, 2.45) is 0 Å². The fourth-order valence-corrected chi connectivity index (χ4v) is 1.05. The van der Waals surface area contributed by atoms with Crippen molar-refractivity contribution in [3.8, 4) is 0 Å². The highest BCUT2D eigenvalue weighted by molar-refractivity contribution is 8.93. The summed E-state index contributed by atoms with van der Waals surface area (Å²) in [7, 11) is 3.40. The molecule has 0 aliphatic carbocycles. The minimum Gasteiger partial charge on any atom is -0.394 e. The average Bonchev–Trinajstić information content (AvgIpc) is 2.13. The molecule has 4 unspecified atom stereocenters. The molecule has 15 heavy (non-hydrogen) atoms. The number of hydrogen-bond donors (Lipinski definition) is 5. The van der Waals surface area contributed by atoms with Gasteiger partial charge in [0, 0.05) is 6.54 Å². The van der Waals surface area contributed by atoms with Gasteiger partial charge in [-0.25, -0.2) is 0 Å². The molecule has 6 nitrogen and oxygen atoms in total. The summed E-state index contributed by atoms with van der Waals surface area (Å²) in [6.07, 6.45) is -5.63. The summed E-state index contributed by atoms with van der Waals surface area (Å²) in [5.41, 5.74) is 0. The molecule has 0 aromatic rings. The van der Waals surface area contributed by atoms with E-state index in [0.29, 0.717) is 0 Å². The molecule has 0 aromatic carbocycles. The number of hydrogen-bond acceptors (Lipinski definition) is 6. The molecule has 4 atom stereocenters. The van der Waals surface area contributed by atoms with E-state index in [1.165, 1.54) is 0 Å². The molecule has 0 radical (unpaired) electrons. The van der Waals surface area contributed by atoms with E-state index in [-0.39, 0.29) is 23.5 Å². The molecule has 0 fully saturated rings. The van der Waals surface area contributed by atoms with Crippen LogP contribution in [0.2, 0.25) is 0 Å². The zero-order valence-corrected chi connectivity index (χ0v) is 10.5. The Kier molecular flexibility index (Phi) is 9.87. The Labute approximate surface area is 99.5 Å². The fraction of sp³-hybridized carbons (Fsp3) is 1.00. The summed E-state index contributed by atoms with van der Waals surface area (Å²) in [5, 5.41) is 45.4. The topological polar surface area (TPSA) is 104 Å². The van der Waals surface area contributed by atoms with Gasteiger partial charge >= 0.3 is 0 Å². The van der Waals surface area contributed by atoms with E-state index in [9.17, 15) is 15.3 Å². The van der Waals surface area contributed by atoms with Crippen LogP contribution in [0.15, 0.2) is 0 Å². The Bertz CT molecular complexity index is 160. The van der Waals surface area contributed by atoms with Crippen molar-refractivity contribution >= 4 is 17.0 Å². The molecule has 0 bridgehead atoms. The van der Waals surface area contributed by atoms with Crippen molar-refractivity contribution < 1.29 is 25.5 Å². The molecule has 0 amide bonds. The molecule has 7 heteroatoms. The van der Waals surface area contributed by atoms with E-state index in [0.717, 1.165) is 0 Å². The Morgan fingerprint density at radius 1 is 0.933 bits per heavy atom. The summed E-state index contributed by atoms with van der Waals surface area (Å²) >= 11 is 0. The van der Waals surface area contributed by atoms with E-state index >= 15 is 0 Å². The quantitative estimate of drug-likeness (QED) is 0.372. The van der Waals surface area contributed by atoms with Crippen molar-refractivity contribution in [3.63, 3.8) is 0 Å². The van der Waals surface area contributed by atoms with E-state index in [1.807, 2.05) is 0 Å². The van der Waals surface area contributed by atoms with E-state index < -0.39 is 31.0 Å². The minimum atomic E-state index is -1.55. The third kappa shape index (κ3) is 6.41. The number of halogens is 1. The Balaban J connectivity index is 0. The van der Waals surface area contributed by atoms with Gasteiger partial charge in [-0.1, -0.05) is 0 Å². The van der Waals surface area contributed by atoms with Gasteiger partial charge in [0.05, 0.1) is 12.7 Å². The highest BCUT2D eigenvalue weighted by atomic mass is 79.9. The first kappa shape index (κ1) is 17.6. The van der Waals surface area contributed by atoms with Crippen LogP contribution in [-0.2, 0) is 0 Å². The second-order valence-corrected chi connectivity index (χ2v) is 3.56. The highest BCUT2D eigenvalue weighted by Gasteiger charge is 2.29. The van der Waals surface area contributed by atoms with Crippen molar-refractivity contribution in [1.82, 2.24) is 4.90 Å². The molecule has 5 N–H and O–H groups in total. The second kappa shape index (κ2) is 8.40. The summed E-state index contributed by atoms with van der Waals surface area (Å²) in [6, 6.07) is 0. The lowest BCUT2D eigenvalue weighted by Crippen LogP contribution is -2.48. The largest absolute Gasteiger partial charge is 0.394 e. The lowest BCUT2D eigenvalue weighted by molar-refractivity contribution is -0.117. The fourth-order valence-electron chi connectivity index (χ4n) is 1.05. The first-order valence-electron chi connectivity index (χ1n) is 4.38. The summed E-state index contributed by atoms with van der Waals surface area (Å²) in [4.78, 5) is 1.63. The molecule has 0 saturated heterocycles. The SMILES string of the molecule is Br.CN(C)CC(O)C(O)C(O)C(O)CO. The Hall–Kier alpha value is 0.240. The van der Waals surface area contributed by atoms with Crippen LogP contribution >= 0.6 is 17.0 Å². The predicted octanol–water partition coefficient (Wildman–Crippen LogP) is -2.44. The van der Waals surface area contributed by atoms with Crippen LogP contribution < -0.4 is 0 Å². The van der Waals surface area contributed by atoms with Crippen molar-refractivity contribution in [1.29, 1.82) is 0 Å². The van der Waals surface area contributed by atoms with Crippen LogP contribution in [-0.4, -0.2) is 82.1 Å². The molecule has 0 aliphatic heterocycles. The van der Waals surface area contributed by atoms with Gasteiger partial charge < -0.3 is 30.4 Å². The zero-order chi connectivity index (χ0) is 11.3. The first-order chi connectivity index (χ1) is 6.40.